The van der Waals surface area contributed by atoms with Crippen LogP contribution in [-0.4, -0.2) is 49.8 Å². The molecular weight excluding hydrogens is 265 g/mol. The lowest BCUT2D eigenvalue weighted by molar-refractivity contribution is -0.133. The first-order chi connectivity index (χ1) is 8.06. The molecule has 0 aromatic heterocycles. The van der Waals surface area contributed by atoms with Gasteiger partial charge in [0, 0.05) is 12.8 Å². The van der Waals surface area contributed by atoms with E-state index in [1.54, 1.807) is 6.26 Å². The molecule has 5 nitrogen and oxygen atoms in total. The SMILES string of the molecule is CCNC(CS)C(=O)NC(F)C(=O)NC.CS. The van der Waals surface area contributed by atoms with Gasteiger partial charge in [-0.25, -0.2) is 4.39 Å². The number of hydrogen-bond acceptors (Lipinski definition) is 5. The van der Waals surface area contributed by atoms with Crippen molar-refractivity contribution in [3.63, 3.8) is 0 Å². The van der Waals surface area contributed by atoms with Crippen molar-refractivity contribution in [2.24, 2.45) is 0 Å². The third-order valence-electron chi connectivity index (χ3n) is 1.70. The second-order valence-corrected chi connectivity index (χ2v) is 3.14. The maximum Gasteiger partial charge on any atom is 0.275 e. The molecule has 0 aromatic rings. The molecule has 0 bridgehead atoms. The van der Waals surface area contributed by atoms with Crippen LogP contribution >= 0.6 is 25.3 Å². The molecule has 102 valence electrons. The minimum Gasteiger partial charge on any atom is -0.355 e. The lowest BCUT2D eigenvalue weighted by Gasteiger charge is -2.16. The molecule has 2 unspecified atom stereocenters. The molecule has 0 aromatic carbocycles. The largest absolute Gasteiger partial charge is 0.355 e. The summed E-state index contributed by atoms with van der Waals surface area (Å²) in [5.41, 5.74) is 0. The molecule has 2 amide bonds. The van der Waals surface area contributed by atoms with E-state index >= 15 is 0 Å². The minimum atomic E-state index is -2.02. The van der Waals surface area contributed by atoms with E-state index < -0.39 is 24.2 Å². The Morgan fingerprint density at radius 2 is 1.82 bits per heavy atom. The standard InChI is InChI=1S/C8H16FN3O2S.CH4S/c1-3-11-5(4-15)7(13)12-6(9)8(14)10-2;1-2/h5-6,11,15H,3-4H2,1-2H3,(H,10,14)(H,12,13);2H,1H3. The summed E-state index contributed by atoms with van der Waals surface area (Å²) in [6.45, 7) is 2.38. The summed E-state index contributed by atoms with van der Waals surface area (Å²) < 4.78 is 13.0. The van der Waals surface area contributed by atoms with Gasteiger partial charge in [-0.2, -0.15) is 25.3 Å². The molecule has 0 saturated heterocycles. The Kier molecular flexibility index (Phi) is 13.3. The quantitative estimate of drug-likeness (QED) is 0.341. The monoisotopic (exact) mass is 285 g/mol. The number of rotatable bonds is 6. The van der Waals surface area contributed by atoms with Crippen LogP contribution in [0.1, 0.15) is 6.92 Å². The molecule has 8 heteroatoms. The molecule has 0 spiro atoms. The second-order valence-electron chi connectivity index (χ2n) is 2.78. The smallest absolute Gasteiger partial charge is 0.275 e. The highest BCUT2D eigenvalue weighted by Crippen LogP contribution is 1.92. The molecule has 0 radical (unpaired) electrons. The summed E-state index contributed by atoms with van der Waals surface area (Å²) in [7, 11) is 1.29. The van der Waals surface area contributed by atoms with Crippen LogP contribution < -0.4 is 16.0 Å². The number of likely N-dealkylation sites (N-methyl/N-ethyl adjacent to an activating group) is 2. The molecule has 17 heavy (non-hydrogen) atoms. The first-order valence-electron chi connectivity index (χ1n) is 5.01. The molecule has 0 rings (SSSR count). The molecule has 0 fully saturated rings. The molecule has 0 aliphatic carbocycles. The van der Waals surface area contributed by atoms with Gasteiger partial charge < -0.3 is 16.0 Å². The number of amides is 2. The lowest BCUT2D eigenvalue weighted by Crippen LogP contribution is -2.51. The molecule has 2 atom stereocenters. The molecule has 3 N–H and O–H groups in total. The Morgan fingerprint density at radius 3 is 2.18 bits per heavy atom. The molecule has 0 aliphatic rings. The van der Waals surface area contributed by atoms with Gasteiger partial charge in [-0.05, 0) is 12.8 Å². The van der Waals surface area contributed by atoms with Crippen molar-refractivity contribution in [3.05, 3.63) is 0 Å². The van der Waals surface area contributed by atoms with Crippen molar-refractivity contribution in [2.75, 3.05) is 25.6 Å². The number of thiol groups is 2. The highest BCUT2D eigenvalue weighted by molar-refractivity contribution is 7.80. The number of nitrogens with one attached hydrogen (secondary N) is 3. The Bertz CT molecular complexity index is 232. The topological polar surface area (TPSA) is 70.2 Å². The van der Waals surface area contributed by atoms with E-state index in [0.717, 1.165) is 0 Å². The summed E-state index contributed by atoms with van der Waals surface area (Å²) in [6, 6.07) is -0.596. The van der Waals surface area contributed by atoms with Gasteiger partial charge >= 0.3 is 0 Å². The molecule has 0 saturated carbocycles. The third kappa shape index (κ3) is 8.28. The Hall–Kier alpha value is -0.470. The zero-order valence-electron chi connectivity index (χ0n) is 10.2. The first-order valence-corrected chi connectivity index (χ1v) is 6.54. The summed E-state index contributed by atoms with van der Waals surface area (Å²) in [5.74, 6) is -1.22. The van der Waals surface area contributed by atoms with Gasteiger partial charge in [-0.1, -0.05) is 6.92 Å². The van der Waals surface area contributed by atoms with E-state index in [4.69, 9.17) is 0 Å². The average molecular weight is 285 g/mol. The van der Waals surface area contributed by atoms with Crippen molar-refractivity contribution in [3.8, 4) is 0 Å². The van der Waals surface area contributed by atoms with Crippen LogP contribution in [0.25, 0.3) is 0 Å². The van der Waals surface area contributed by atoms with Crippen molar-refractivity contribution in [1.82, 2.24) is 16.0 Å². The van der Waals surface area contributed by atoms with Crippen LogP contribution in [-0.2, 0) is 9.59 Å². The van der Waals surface area contributed by atoms with Crippen LogP contribution in [0.3, 0.4) is 0 Å². The van der Waals surface area contributed by atoms with Gasteiger partial charge in [0.05, 0.1) is 6.04 Å². The number of hydrogen-bond donors (Lipinski definition) is 5. The zero-order chi connectivity index (χ0) is 13.8. The van der Waals surface area contributed by atoms with Gasteiger partial charge in [-0.15, -0.1) is 0 Å². The van der Waals surface area contributed by atoms with E-state index in [0.29, 0.717) is 6.54 Å². The number of carbonyl (C=O) groups excluding carboxylic acids is 2. The average Bonchev–Trinajstić information content (AvgIpc) is 2.36. The Morgan fingerprint density at radius 1 is 1.29 bits per heavy atom. The van der Waals surface area contributed by atoms with Crippen LogP contribution in [0.2, 0.25) is 0 Å². The van der Waals surface area contributed by atoms with Crippen LogP contribution in [0.15, 0.2) is 0 Å². The van der Waals surface area contributed by atoms with Crippen molar-refractivity contribution in [2.45, 2.75) is 19.3 Å². The van der Waals surface area contributed by atoms with Crippen LogP contribution in [0.5, 0.6) is 0 Å². The summed E-state index contributed by atoms with van der Waals surface area (Å²) in [4.78, 5) is 22.1. The van der Waals surface area contributed by atoms with Gasteiger partial charge in [0.2, 0.25) is 5.91 Å². The summed E-state index contributed by atoms with van der Waals surface area (Å²) in [5, 5.41) is 6.84. The van der Waals surface area contributed by atoms with Crippen molar-refractivity contribution >= 4 is 37.1 Å². The fourth-order valence-corrected chi connectivity index (χ4v) is 1.20. The molecule has 0 aliphatic heterocycles. The van der Waals surface area contributed by atoms with E-state index in [1.807, 2.05) is 12.2 Å². The van der Waals surface area contributed by atoms with Gasteiger partial charge in [0.1, 0.15) is 0 Å². The van der Waals surface area contributed by atoms with E-state index in [9.17, 15) is 14.0 Å². The normalized spacial score (nSPS) is 12.8. The lowest BCUT2D eigenvalue weighted by atomic mass is 10.3. The summed E-state index contributed by atoms with van der Waals surface area (Å²) >= 11 is 7.47. The van der Waals surface area contributed by atoms with Crippen molar-refractivity contribution in [1.29, 1.82) is 0 Å². The van der Waals surface area contributed by atoms with Crippen LogP contribution in [0.4, 0.5) is 4.39 Å². The molecular formula is C9H20FN3O2S2. The number of alkyl halides is 1. The van der Waals surface area contributed by atoms with Gasteiger partial charge in [0.25, 0.3) is 12.2 Å². The fourth-order valence-electron chi connectivity index (χ4n) is 0.904. The highest BCUT2D eigenvalue weighted by atomic mass is 32.1. The first kappa shape index (κ1) is 18.9. The van der Waals surface area contributed by atoms with E-state index in [-0.39, 0.29) is 5.75 Å². The minimum absolute atomic E-state index is 0.236. The number of carbonyl (C=O) groups is 2. The zero-order valence-corrected chi connectivity index (χ0v) is 11.9. The second kappa shape index (κ2) is 12.0. The molecule has 0 heterocycles. The van der Waals surface area contributed by atoms with Gasteiger partial charge in [0.15, 0.2) is 0 Å². The predicted octanol–water partition coefficient (Wildman–Crippen LogP) is -0.402. The van der Waals surface area contributed by atoms with Gasteiger partial charge in [-0.3, -0.25) is 9.59 Å². The van der Waals surface area contributed by atoms with E-state index in [2.05, 4.69) is 35.9 Å². The third-order valence-corrected chi connectivity index (χ3v) is 2.06. The summed E-state index contributed by atoms with van der Waals surface area (Å²) in [6.07, 6.45) is -0.330. The highest BCUT2D eigenvalue weighted by Gasteiger charge is 2.22. The maximum absolute atomic E-state index is 13.0. The van der Waals surface area contributed by atoms with Crippen molar-refractivity contribution < 1.29 is 14.0 Å². The van der Waals surface area contributed by atoms with Crippen LogP contribution in [0, 0.1) is 0 Å². The fraction of sp³-hybridized carbons (Fsp3) is 0.778. The maximum atomic E-state index is 13.0. The Labute approximate surface area is 112 Å². The predicted molar refractivity (Wildman–Crippen MR) is 73.3 cm³/mol. The Balaban J connectivity index is 0. The number of halogens is 1. The van der Waals surface area contributed by atoms with E-state index in [1.165, 1.54) is 7.05 Å².